The molecular formula is C17H20N4O5S2. The quantitative estimate of drug-likeness (QED) is 0.524. The SMILES string of the molecule is CCOC(=O)C1=C(NC(=O)CSc2nnc(-c3cc(C)on3)o2)S[C@@H](C)[C@H]1C. The van der Waals surface area contributed by atoms with Crippen LogP contribution in [0.5, 0.6) is 0 Å². The van der Waals surface area contributed by atoms with Crippen LogP contribution in [0.25, 0.3) is 11.6 Å². The maximum absolute atomic E-state index is 12.3. The molecule has 0 radical (unpaired) electrons. The molecule has 0 bridgehead atoms. The minimum absolute atomic E-state index is 0.00332. The third-order valence-electron chi connectivity index (χ3n) is 4.04. The first-order chi connectivity index (χ1) is 13.4. The second-order valence-electron chi connectivity index (χ2n) is 6.11. The van der Waals surface area contributed by atoms with Gasteiger partial charge in [0.1, 0.15) is 5.76 Å². The average Bonchev–Trinajstić information content (AvgIpc) is 3.34. The molecule has 2 atom stereocenters. The molecule has 150 valence electrons. The summed E-state index contributed by atoms with van der Waals surface area (Å²) in [6.07, 6.45) is 0. The number of carbonyl (C=O) groups is 2. The second kappa shape index (κ2) is 8.82. The standard InChI is InChI=1S/C17H20N4O5S2/c1-5-24-16(23)13-9(3)10(4)28-15(13)18-12(22)7-27-17-20-19-14(25-17)11-6-8(2)26-21-11/h6,9-10H,5,7H2,1-4H3,(H,18,22)/t9-,10+/m1/s1. The van der Waals surface area contributed by atoms with E-state index in [4.69, 9.17) is 13.7 Å². The highest BCUT2D eigenvalue weighted by Crippen LogP contribution is 2.41. The average molecular weight is 425 g/mol. The monoisotopic (exact) mass is 424 g/mol. The smallest absolute Gasteiger partial charge is 0.336 e. The molecule has 2 aromatic rings. The molecular weight excluding hydrogens is 404 g/mol. The molecule has 0 aliphatic carbocycles. The number of rotatable bonds is 7. The van der Waals surface area contributed by atoms with Gasteiger partial charge < -0.3 is 19.0 Å². The summed E-state index contributed by atoms with van der Waals surface area (Å²) in [5.41, 5.74) is 0.954. The predicted octanol–water partition coefficient (Wildman–Crippen LogP) is 2.79. The molecule has 11 heteroatoms. The van der Waals surface area contributed by atoms with Gasteiger partial charge in [-0.05, 0) is 13.8 Å². The number of nitrogens with one attached hydrogen (secondary N) is 1. The molecule has 1 aliphatic rings. The van der Waals surface area contributed by atoms with Crippen LogP contribution in [0.3, 0.4) is 0 Å². The van der Waals surface area contributed by atoms with Crippen LogP contribution in [0.1, 0.15) is 26.5 Å². The van der Waals surface area contributed by atoms with Gasteiger partial charge in [-0.15, -0.1) is 22.0 Å². The zero-order valence-corrected chi connectivity index (χ0v) is 17.5. The lowest BCUT2D eigenvalue weighted by atomic mass is 9.99. The van der Waals surface area contributed by atoms with E-state index in [1.807, 2.05) is 13.8 Å². The molecule has 0 fully saturated rings. The van der Waals surface area contributed by atoms with Crippen molar-refractivity contribution in [1.29, 1.82) is 0 Å². The lowest BCUT2D eigenvalue weighted by molar-refractivity contribution is -0.139. The molecule has 28 heavy (non-hydrogen) atoms. The van der Waals surface area contributed by atoms with Crippen molar-refractivity contribution in [3.05, 3.63) is 22.4 Å². The third-order valence-corrected chi connectivity index (χ3v) is 6.19. The van der Waals surface area contributed by atoms with Crippen LogP contribution < -0.4 is 5.32 Å². The first-order valence-corrected chi connectivity index (χ1v) is 10.5. The number of carbonyl (C=O) groups excluding carboxylic acids is 2. The molecule has 3 heterocycles. The van der Waals surface area contributed by atoms with Gasteiger partial charge in [0.2, 0.25) is 5.91 Å². The predicted molar refractivity (Wildman–Crippen MR) is 103 cm³/mol. The zero-order valence-electron chi connectivity index (χ0n) is 15.8. The first-order valence-electron chi connectivity index (χ1n) is 8.66. The van der Waals surface area contributed by atoms with E-state index in [0.717, 1.165) is 11.8 Å². The molecule has 1 amide bonds. The van der Waals surface area contributed by atoms with Gasteiger partial charge in [-0.1, -0.05) is 30.8 Å². The number of ether oxygens (including phenoxy) is 1. The Labute approximate surface area is 170 Å². The Kier molecular flexibility index (Phi) is 6.45. The minimum Gasteiger partial charge on any atom is -0.463 e. The normalized spacial score (nSPS) is 19.1. The van der Waals surface area contributed by atoms with Crippen molar-refractivity contribution in [3.8, 4) is 11.6 Å². The van der Waals surface area contributed by atoms with Gasteiger partial charge in [0.15, 0.2) is 5.69 Å². The van der Waals surface area contributed by atoms with Crippen molar-refractivity contribution in [1.82, 2.24) is 20.7 Å². The largest absolute Gasteiger partial charge is 0.463 e. The van der Waals surface area contributed by atoms with E-state index in [9.17, 15) is 9.59 Å². The highest BCUT2D eigenvalue weighted by atomic mass is 32.2. The summed E-state index contributed by atoms with van der Waals surface area (Å²) in [5, 5.41) is 15.4. The highest BCUT2D eigenvalue weighted by Gasteiger charge is 2.35. The first kappa shape index (κ1) is 20.5. The number of amides is 1. The summed E-state index contributed by atoms with van der Waals surface area (Å²) in [7, 11) is 0. The van der Waals surface area contributed by atoms with Gasteiger partial charge in [-0.25, -0.2) is 4.79 Å². The Balaban J connectivity index is 1.60. The summed E-state index contributed by atoms with van der Waals surface area (Å²) >= 11 is 2.55. The van der Waals surface area contributed by atoms with Crippen LogP contribution in [0.15, 0.2) is 30.8 Å². The van der Waals surface area contributed by atoms with E-state index < -0.39 is 0 Å². The Bertz CT molecular complexity index is 907. The zero-order chi connectivity index (χ0) is 20.3. The Morgan fingerprint density at radius 3 is 2.82 bits per heavy atom. The van der Waals surface area contributed by atoms with Gasteiger partial charge in [0.25, 0.3) is 11.1 Å². The fraction of sp³-hybridized carbons (Fsp3) is 0.471. The number of hydrogen-bond donors (Lipinski definition) is 1. The van der Waals surface area contributed by atoms with Crippen molar-refractivity contribution in [3.63, 3.8) is 0 Å². The van der Waals surface area contributed by atoms with Crippen molar-refractivity contribution in [2.75, 3.05) is 12.4 Å². The van der Waals surface area contributed by atoms with Crippen LogP contribution >= 0.6 is 23.5 Å². The number of thioether (sulfide) groups is 2. The molecule has 1 N–H and O–H groups in total. The van der Waals surface area contributed by atoms with Crippen LogP contribution in [0.2, 0.25) is 0 Å². The van der Waals surface area contributed by atoms with E-state index in [1.165, 1.54) is 11.8 Å². The van der Waals surface area contributed by atoms with Gasteiger partial charge in [0.05, 0.1) is 23.0 Å². The number of aromatic nitrogens is 3. The summed E-state index contributed by atoms with van der Waals surface area (Å²) in [5.74, 6) is 0.247. The lowest BCUT2D eigenvalue weighted by Gasteiger charge is -2.11. The van der Waals surface area contributed by atoms with E-state index in [-0.39, 0.29) is 46.5 Å². The molecule has 0 saturated heterocycles. The van der Waals surface area contributed by atoms with E-state index in [0.29, 0.717) is 22.1 Å². The van der Waals surface area contributed by atoms with Gasteiger partial charge in [0, 0.05) is 17.2 Å². The fourth-order valence-corrected chi connectivity index (χ4v) is 4.35. The third kappa shape index (κ3) is 4.58. The van der Waals surface area contributed by atoms with Gasteiger partial charge in [-0.3, -0.25) is 4.79 Å². The molecule has 1 aliphatic heterocycles. The topological polar surface area (TPSA) is 120 Å². The van der Waals surface area contributed by atoms with Crippen molar-refractivity contribution in [2.24, 2.45) is 5.92 Å². The summed E-state index contributed by atoms with van der Waals surface area (Å²) < 4.78 is 15.6. The van der Waals surface area contributed by atoms with Gasteiger partial charge >= 0.3 is 5.97 Å². The molecule has 0 aromatic carbocycles. The molecule has 0 saturated carbocycles. The Morgan fingerprint density at radius 2 is 2.14 bits per heavy atom. The molecule has 3 rings (SSSR count). The second-order valence-corrected chi connectivity index (χ2v) is 8.42. The highest BCUT2D eigenvalue weighted by molar-refractivity contribution is 8.04. The van der Waals surface area contributed by atoms with Crippen molar-refractivity contribution in [2.45, 2.75) is 38.2 Å². The van der Waals surface area contributed by atoms with E-state index in [1.54, 1.807) is 19.9 Å². The van der Waals surface area contributed by atoms with Crippen LogP contribution in [0, 0.1) is 12.8 Å². The van der Waals surface area contributed by atoms with Crippen molar-refractivity contribution >= 4 is 35.4 Å². The summed E-state index contributed by atoms with van der Waals surface area (Å²) in [4.78, 5) is 24.6. The van der Waals surface area contributed by atoms with Crippen LogP contribution in [0.4, 0.5) is 0 Å². The Morgan fingerprint density at radius 1 is 1.36 bits per heavy atom. The Hall–Kier alpha value is -2.27. The molecule has 2 aromatic heterocycles. The van der Waals surface area contributed by atoms with Crippen LogP contribution in [-0.4, -0.2) is 44.8 Å². The molecule has 9 nitrogen and oxygen atoms in total. The number of hydrogen-bond acceptors (Lipinski definition) is 10. The molecule has 0 spiro atoms. The molecule has 0 unspecified atom stereocenters. The van der Waals surface area contributed by atoms with E-state index >= 15 is 0 Å². The maximum atomic E-state index is 12.3. The summed E-state index contributed by atoms with van der Waals surface area (Å²) in [6, 6.07) is 1.68. The minimum atomic E-state index is -0.390. The van der Waals surface area contributed by atoms with Crippen LogP contribution in [-0.2, 0) is 14.3 Å². The van der Waals surface area contributed by atoms with Crippen molar-refractivity contribution < 1.29 is 23.3 Å². The number of esters is 1. The maximum Gasteiger partial charge on any atom is 0.336 e. The number of aryl methyl sites for hydroxylation is 1. The van der Waals surface area contributed by atoms with E-state index in [2.05, 4.69) is 20.7 Å². The lowest BCUT2D eigenvalue weighted by Crippen LogP contribution is -2.25. The summed E-state index contributed by atoms with van der Waals surface area (Å²) in [6.45, 7) is 7.75. The fourth-order valence-electron chi connectivity index (χ4n) is 2.51. The number of nitrogens with zero attached hydrogens (tertiary/aromatic N) is 3. The van der Waals surface area contributed by atoms with Gasteiger partial charge in [-0.2, -0.15) is 0 Å².